The Balaban J connectivity index is 0.000000112. The molecule has 0 aliphatic carbocycles. The second kappa shape index (κ2) is 31.0. The van der Waals surface area contributed by atoms with Gasteiger partial charge in [-0.15, -0.1) is 90.7 Å². The van der Waals surface area contributed by atoms with E-state index in [2.05, 4.69) is 173 Å². The minimum Gasteiger partial charge on any atom is -0.278 e. The Morgan fingerprint density at radius 3 is 0.667 bits per heavy atom. The molecular weight excluding hydrogens is 1630 g/mol. The highest BCUT2D eigenvalue weighted by Crippen LogP contribution is 2.47. The van der Waals surface area contributed by atoms with Gasteiger partial charge in [0.1, 0.15) is 10.7 Å². The Bertz CT molecular complexity index is 7830. The van der Waals surface area contributed by atoms with E-state index in [4.69, 9.17) is 30.6 Å². The van der Waals surface area contributed by atoms with E-state index in [1.54, 1.807) is 0 Å². The van der Waals surface area contributed by atoms with Crippen LogP contribution in [0, 0.1) is 55.4 Å². The van der Waals surface area contributed by atoms with Crippen molar-refractivity contribution in [2.45, 2.75) is 55.4 Å². The molecule has 0 aliphatic rings. The fraction of sp³-hybridized carbons (Fsp3) is 0.0800. The summed E-state index contributed by atoms with van der Waals surface area (Å²) in [7, 11) is 0. The third kappa shape index (κ3) is 13.5. The Morgan fingerprint density at radius 2 is 0.408 bits per heavy atom. The van der Waals surface area contributed by atoms with Gasteiger partial charge in [-0.1, -0.05) is 109 Å². The molecule has 0 amide bonds. The lowest BCUT2D eigenvalue weighted by atomic mass is 9.98. The van der Waals surface area contributed by atoms with Gasteiger partial charge in [-0.25, -0.2) is 0 Å². The van der Waals surface area contributed by atoms with Gasteiger partial charge in [-0.2, -0.15) is 30.6 Å². The molecule has 23 rings (SSSR count). The average Bonchev–Trinajstić information content (AvgIpc) is 1.53. The maximum absolute atomic E-state index is 5.06. The molecule has 0 bridgehead atoms. The summed E-state index contributed by atoms with van der Waals surface area (Å²) in [6.45, 7) is 17.5. The van der Waals surface area contributed by atoms with Crippen LogP contribution in [0.3, 0.4) is 0 Å². The van der Waals surface area contributed by atoms with Crippen LogP contribution in [0.25, 0.3) is 145 Å². The normalized spacial score (nSPS) is 13.0. The van der Waals surface area contributed by atoms with Crippen LogP contribution < -0.4 is 64.7 Å². The van der Waals surface area contributed by atoms with E-state index < -0.39 is 0 Å². The molecule has 0 radical (unpaired) electrons. The molecule has 8 heterocycles. The van der Waals surface area contributed by atoms with Gasteiger partial charge in [0.15, 0.2) is 0 Å². The van der Waals surface area contributed by atoms with Crippen molar-refractivity contribution in [2.75, 3.05) is 32.6 Å². The first-order chi connectivity index (χ1) is 58.7. The van der Waals surface area contributed by atoms with E-state index in [0.29, 0.717) is 0 Å². The maximum Gasteiger partial charge on any atom is 0.100 e. The minimum atomic E-state index is 0.966. The third-order valence-corrected chi connectivity index (χ3v) is 31.1. The molecule has 0 saturated carbocycles. The molecule has 6 N–H and O–H groups in total. The van der Waals surface area contributed by atoms with E-state index >= 15 is 0 Å². The van der Waals surface area contributed by atoms with Crippen LogP contribution in [0.15, 0.2) is 298 Å². The molecular formula is C100H74N12S8. The third-order valence-electron chi connectivity index (χ3n) is 22.0. The largest absolute Gasteiger partial charge is 0.278 e. The van der Waals surface area contributed by atoms with Crippen LogP contribution in [0.4, 0.5) is 34.1 Å². The topological polar surface area (TPSA) is 146 Å². The van der Waals surface area contributed by atoms with E-state index in [9.17, 15) is 0 Å². The average molecular weight is 1700 g/mol. The number of hydrogen-bond acceptors (Lipinski definition) is 20. The lowest BCUT2D eigenvalue weighted by Crippen LogP contribution is -2.07. The lowest BCUT2D eigenvalue weighted by molar-refractivity contribution is 1.25. The van der Waals surface area contributed by atoms with Crippen LogP contribution in [0.1, 0.15) is 40.4 Å². The second-order valence-electron chi connectivity index (χ2n) is 30.2. The van der Waals surface area contributed by atoms with Gasteiger partial charge in [-0.3, -0.25) is 32.6 Å². The van der Waals surface area contributed by atoms with E-state index in [-0.39, 0.29) is 0 Å². The predicted octanol–water partition coefficient (Wildman–Crippen LogP) is 27.4. The van der Waals surface area contributed by atoms with Gasteiger partial charge in [0.25, 0.3) is 0 Å². The molecule has 0 fully saturated rings. The van der Waals surface area contributed by atoms with Gasteiger partial charge in [0.2, 0.25) is 0 Å². The molecule has 12 nitrogen and oxygen atoms in total. The molecule has 0 unspecified atom stereocenters. The summed E-state index contributed by atoms with van der Waals surface area (Å²) >= 11 is 14.7. The van der Waals surface area contributed by atoms with Crippen molar-refractivity contribution in [3.8, 4) is 19.5 Å². The zero-order valence-corrected chi connectivity index (χ0v) is 72.9. The number of aryl methyl sites for hydroxylation is 8. The standard InChI is InChI=1S/C38H26N4S4.C32H26N4S2.C30H22N4S2/c1-21-13-15-31(43-21)33-19-29-35(41-39-23-9-5-3-6-10-23)25-18-28-26(17-27(25)37(29)45-33)36(42-40-24-11-7-4-8-12-24)30-20-34(46-38(28)30)32-16-14-22(2)44-32;1-17-15-23-29(35-33-21-11-7-5-8-12-21)25-20(4)28-26(19(3)27(25)31(23)37-17)30(24-16-18(2)38-32(24)28)36-34-22-13-9-6-10-14-22;1-17-13-25-27(33-31-19-9-5-3-6-10-19)21-16-24-22(15-23(21)29(25)35-17)28(26-14-18(2)36-30(24)26)34-32-20-11-7-4-8-12-20/h3-20,39-40H,1-2H3;5-16,33-34H,1-4H3;3-16,31-32H,1-2H3/b41-35-,42-36-;35-29+,36-30+;33-27-,34-28-. The first-order valence-corrected chi connectivity index (χ1v) is 46.0. The van der Waals surface area contributed by atoms with Crippen LogP contribution in [-0.4, -0.2) is 0 Å². The van der Waals surface area contributed by atoms with Crippen molar-refractivity contribution >= 4 is 250 Å². The van der Waals surface area contributed by atoms with Crippen molar-refractivity contribution in [3.05, 3.63) is 339 Å². The summed E-state index contributed by atoms with van der Waals surface area (Å²) in [6, 6.07) is 92.8. The van der Waals surface area contributed by atoms with Crippen molar-refractivity contribution in [3.63, 3.8) is 0 Å². The fourth-order valence-corrected chi connectivity index (χ4v) is 25.3. The Morgan fingerprint density at radius 1 is 0.175 bits per heavy atom. The van der Waals surface area contributed by atoms with E-state index in [1.807, 2.05) is 273 Å². The van der Waals surface area contributed by atoms with Gasteiger partial charge in [-0.05, 0) is 224 Å². The summed E-state index contributed by atoms with van der Waals surface area (Å²) in [5.74, 6) is 0. The minimum absolute atomic E-state index is 0.966. The molecule has 0 atom stereocenters. The maximum atomic E-state index is 5.06. The molecule has 0 spiro atoms. The van der Waals surface area contributed by atoms with Crippen molar-refractivity contribution in [1.82, 2.24) is 0 Å². The van der Waals surface area contributed by atoms with E-state index in [1.165, 1.54) is 174 Å². The molecule has 120 heavy (non-hydrogen) atoms. The van der Waals surface area contributed by atoms with Crippen LogP contribution in [-0.2, 0) is 0 Å². The summed E-state index contributed by atoms with van der Waals surface area (Å²) in [5.41, 5.74) is 28.3. The monoisotopic (exact) mass is 1700 g/mol. The number of nitrogens with one attached hydrogen (secondary N) is 6. The molecule has 0 saturated heterocycles. The molecule has 0 aliphatic heterocycles. The SMILES string of the molecule is Cc1cc2/c(=N\Nc3ccccc3)c3c(C)c4c(c(C)c3c2s1)/c(=N/Nc1ccccc1)c1cc(C)sc14.Cc1cc2/c(=N\Nc3ccccc3)c3cc4c(cc3c2s1)/c(=N/Nc1ccccc1)c1cc(C)sc14.Cc1ccc(-c2cc3/c(=N\Nc4ccccc4)c4cc5c(cc4c3s2)/c(=N/Nc2ccccc2)c2cc(-c3ccc(C)s3)sc25)s1. The number of rotatable bonds is 14. The van der Waals surface area contributed by atoms with Crippen LogP contribution in [0.5, 0.6) is 0 Å². The smallest absolute Gasteiger partial charge is 0.100 e. The van der Waals surface area contributed by atoms with E-state index in [0.717, 1.165) is 77.0 Å². The second-order valence-corrected chi connectivity index (χ2v) is 39.9. The first kappa shape index (κ1) is 74.9. The highest BCUT2D eigenvalue weighted by atomic mass is 32.1. The summed E-state index contributed by atoms with van der Waals surface area (Å²) in [4.78, 5) is 12.9. The van der Waals surface area contributed by atoms with Crippen molar-refractivity contribution in [1.29, 1.82) is 0 Å². The molecule has 20 heteroatoms. The number of benzene rings is 9. The Labute approximate surface area is 721 Å². The number of thiophene rings is 8. The quantitative estimate of drug-likeness (QED) is 0.0598. The number of nitrogens with zero attached hydrogens (tertiary/aromatic N) is 6. The Hall–Kier alpha value is -12.6. The molecule has 23 aromatic rings. The zero-order chi connectivity index (χ0) is 81.0. The highest BCUT2D eigenvalue weighted by molar-refractivity contribution is 7.28. The van der Waals surface area contributed by atoms with Crippen molar-refractivity contribution in [2.24, 2.45) is 30.6 Å². The predicted molar refractivity (Wildman–Crippen MR) is 522 cm³/mol. The van der Waals surface area contributed by atoms with Gasteiger partial charge >= 0.3 is 0 Å². The van der Waals surface area contributed by atoms with Gasteiger partial charge in [0, 0.05) is 174 Å². The molecule has 15 aromatic carbocycles. The van der Waals surface area contributed by atoms with Gasteiger partial charge in [0.05, 0.1) is 55.6 Å². The summed E-state index contributed by atoms with van der Waals surface area (Å²) < 4.78 is 7.68. The number of hydrogen-bond donors (Lipinski definition) is 6. The zero-order valence-electron chi connectivity index (χ0n) is 66.4. The van der Waals surface area contributed by atoms with Gasteiger partial charge < -0.3 is 0 Å². The number of para-hydroxylation sites is 6. The number of fused-ring (bicyclic) bond motifs is 18. The van der Waals surface area contributed by atoms with Crippen LogP contribution in [0.2, 0.25) is 0 Å². The Kier molecular flexibility index (Phi) is 19.3. The molecule has 8 aromatic heterocycles. The molecule has 582 valence electrons. The fourth-order valence-electron chi connectivity index (χ4n) is 16.7. The first-order valence-electron chi connectivity index (χ1n) is 39.5. The number of anilines is 6. The van der Waals surface area contributed by atoms with Crippen molar-refractivity contribution < 1.29 is 0 Å². The summed E-state index contributed by atoms with van der Waals surface area (Å²) in [6.07, 6.45) is 0. The highest BCUT2D eigenvalue weighted by Gasteiger charge is 2.26. The van der Waals surface area contributed by atoms with Crippen LogP contribution >= 0.6 is 90.7 Å². The lowest BCUT2D eigenvalue weighted by Gasteiger charge is -2.07. The summed E-state index contributed by atoms with van der Waals surface area (Å²) in [5, 5.41) is 57.7.